The summed E-state index contributed by atoms with van der Waals surface area (Å²) in [6.07, 6.45) is 0.786. The average Bonchev–Trinajstić information content (AvgIpc) is 2.90. The van der Waals surface area contributed by atoms with Crippen molar-refractivity contribution in [3.63, 3.8) is 0 Å². The van der Waals surface area contributed by atoms with E-state index in [0.717, 1.165) is 6.42 Å². The van der Waals surface area contributed by atoms with E-state index < -0.39 is 17.9 Å². The molecule has 1 amide bonds. The van der Waals surface area contributed by atoms with Gasteiger partial charge in [-0.1, -0.05) is 30.3 Å². The van der Waals surface area contributed by atoms with Gasteiger partial charge in [0, 0.05) is 12.0 Å². The van der Waals surface area contributed by atoms with Gasteiger partial charge >= 0.3 is 5.97 Å². The quantitative estimate of drug-likeness (QED) is 0.865. The van der Waals surface area contributed by atoms with Gasteiger partial charge < -0.3 is 19.5 Å². The maximum absolute atomic E-state index is 12.6. The molecule has 0 bridgehead atoms. The number of hydrogen-bond donors (Lipinski definition) is 1. The predicted octanol–water partition coefficient (Wildman–Crippen LogP) is 2.49. The van der Waals surface area contributed by atoms with Gasteiger partial charge in [0.2, 0.25) is 0 Å². The van der Waals surface area contributed by atoms with E-state index in [1.54, 1.807) is 42.5 Å². The summed E-state index contributed by atoms with van der Waals surface area (Å²) >= 11 is 0. The number of esters is 1. The monoisotopic (exact) mass is 341 g/mol. The first-order chi connectivity index (χ1) is 12.2. The van der Waals surface area contributed by atoms with Crippen LogP contribution in [0.1, 0.15) is 28.4 Å². The molecule has 1 aliphatic rings. The zero-order chi connectivity index (χ0) is 17.6. The molecule has 0 saturated heterocycles. The summed E-state index contributed by atoms with van der Waals surface area (Å²) in [5.74, 6) is 0.213. The molecule has 1 aliphatic heterocycles. The smallest absolute Gasteiger partial charge is 0.333 e. The Hall–Kier alpha value is -3.02. The molecule has 1 atom stereocenters. The predicted molar refractivity (Wildman–Crippen MR) is 90.7 cm³/mol. The molecule has 3 rings (SSSR count). The third kappa shape index (κ3) is 3.91. The number of nitrogens with one attached hydrogen (secondary N) is 1. The molecule has 0 fully saturated rings. The van der Waals surface area contributed by atoms with Crippen molar-refractivity contribution in [1.82, 2.24) is 5.32 Å². The number of benzene rings is 2. The number of rotatable bonds is 4. The van der Waals surface area contributed by atoms with Crippen LogP contribution in [0.3, 0.4) is 0 Å². The first kappa shape index (κ1) is 16.8. The van der Waals surface area contributed by atoms with Gasteiger partial charge in [-0.2, -0.15) is 0 Å². The molecular formula is C19H19NO5. The summed E-state index contributed by atoms with van der Waals surface area (Å²) in [6, 6.07) is 13.0. The molecule has 0 spiro atoms. The second-order valence-electron chi connectivity index (χ2n) is 5.55. The molecule has 0 unspecified atom stereocenters. The fourth-order valence-electron chi connectivity index (χ4n) is 2.56. The van der Waals surface area contributed by atoms with E-state index in [0.29, 0.717) is 35.8 Å². The zero-order valence-corrected chi connectivity index (χ0v) is 13.9. The minimum absolute atomic E-state index is 0.383. The topological polar surface area (TPSA) is 73.9 Å². The molecule has 2 aromatic rings. The first-order valence-electron chi connectivity index (χ1n) is 8.02. The van der Waals surface area contributed by atoms with Crippen LogP contribution in [0.5, 0.6) is 11.5 Å². The van der Waals surface area contributed by atoms with E-state index in [4.69, 9.17) is 14.2 Å². The van der Waals surface area contributed by atoms with Crippen molar-refractivity contribution in [3.05, 3.63) is 59.7 Å². The van der Waals surface area contributed by atoms with Crippen LogP contribution in [0, 0.1) is 0 Å². The second kappa shape index (κ2) is 7.70. The first-order valence-corrected chi connectivity index (χ1v) is 8.02. The molecule has 0 aliphatic carbocycles. The van der Waals surface area contributed by atoms with Gasteiger partial charge in [-0.15, -0.1) is 0 Å². The Kier molecular flexibility index (Phi) is 5.18. The molecule has 2 aromatic carbocycles. The molecule has 25 heavy (non-hydrogen) atoms. The average molecular weight is 341 g/mol. The van der Waals surface area contributed by atoms with E-state index in [-0.39, 0.29) is 0 Å². The molecule has 0 aromatic heterocycles. The van der Waals surface area contributed by atoms with Crippen LogP contribution in [0.2, 0.25) is 0 Å². The van der Waals surface area contributed by atoms with Crippen LogP contribution >= 0.6 is 0 Å². The van der Waals surface area contributed by atoms with Crippen molar-refractivity contribution >= 4 is 11.9 Å². The van der Waals surface area contributed by atoms with Gasteiger partial charge in [-0.05, 0) is 23.8 Å². The van der Waals surface area contributed by atoms with Crippen LogP contribution in [-0.4, -0.2) is 32.2 Å². The zero-order valence-electron chi connectivity index (χ0n) is 13.9. The molecule has 130 valence electrons. The van der Waals surface area contributed by atoms with Crippen molar-refractivity contribution in [2.45, 2.75) is 12.5 Å². The van der Waals surface area contributed by atoms with Gasteiger partial charge in [0.15, 0.2) is 17.5 Å². The van der Waals surface area contributed by atoms with Crippen molar-refractivity contribution in [2.75, 3.05) is 20.3 Å². The Labute approximate surface area is 145 Å². The molecule has 6 heteroatoms. The lowest BCUT2D eigenvalue weighted by molar-refractivity contribution is -0.143. The summed E-state index contributed by atoms with van der Waals surface area (Å²) in [6.45, 7) is 1.11. The maximum Gasteiger partial charge on any atom is 0.333 e. The molecule has 0 saturated carbocycles. The molecule has 0 radical (unpaired) electrons. The van der Waals surface area contributed by atoms with Crippen LogP contribution in [-0.2, 0) is 9.53 Å². The van der Waals surface area contributed by atoms with Crippen LogP contribution in [0.25, 0.3) is 0 Å². The lowest BCUT2D eigenvalue weighted by Gasteiger charge is -2.17. The molecule has 6 nitrogen and oxygen atoms in total. The fraction of sp³-hybridized carbons (Fsp3) is 0.263. The van der Waals surface area contributed by atoms with Gasteiger partial charge in [-0.3, -0.25) is 4.79 Å². The third-order valence-corrected chi connectivity index (χ3v) is 3.85. The van der Waals surface area contributed by atoms with Gasteiger partial charge in [0.25, 0.3) is 5.91 Å². The number of hydrogen-bond acceptors (Lipinski definition) is 5. The summed E-state index contributed by atoms with van der Waals surface area (Å²) < 4.78 is 16.0. The lowest BCUT2D eigenvalue weighted by Crippen LogP contribution is -2.34. The number of ether oxygens (including phenoxy) is 3. The van der Waals surface area contributed by atoms with Crippen molar-refractivity contribution in [1.29, 1.82) is 0 Å². The highest BCUT2D eigenvalue weighted by Gasteiger charge is 2.24. The van der Waals surface area contributed by atoms with E-state index in [1.807, 2.05) is 6.07 Å². The van der Waals surface area contributed by atoms with E-state index in [2.05, 4.69) is 5.32 Å². The van der Waals surface area contributed by atoms with E-state index >= 15 is 0 Å². The third-order valence-electron chi connectivity index (χ3n) is 3.85. The Bertz CT molecular complexity index is 760. The number of amides is 1. The van der Waals surface area contributed by atoms with E-state index in [9.17, 15) is 9.59 Å². The van der Waals surface area contributed by atoms with Crippen molar-refractivity contribution in [2.24, 2.45) is 0 Å². The SMILES string of the molecule is COC(=O)[C@H](NC(=O)c1ccc2c(c1)OCCCO2)c1ccccc1. The van der Waals surface area contributed by atoms with Crippen LogP contribution in [0.4, 0.5) is 0 Å². The number of fused-ring (bicyclic) bond motifs is 1. The Morgan fingerprint density at radius 1 is 1.04 bits per heavy atom. The Balaban J connectivity index is 1.82. The Morgan fingerprint density at radius 2 is 1.76 bits per heavy atom. The maximum atomic E-state index is 12.6. The van der Waals surface area contributed by atoms with Gasteiger partial charge in [0.05, 0.1) is 20.3 Å². The summed E-state index contributed by atoms with van der Waals surface area (Å²) in [5.41, 5.74) is 1.03. The van der Waals surface area contributed by atoms with Crippen LogP contribution < -0.4 is 14.8 Å². The fourth-order valence-corrected chi connectivity index (χ4v) is 2.56. The summed E-state index contributed by atoms with van der Waals surface area (Å²) in [4.78, 5) is 24.7. The molecular weight excluding hydrogens is 322 g/mol. The number of carbonyl (C=O) groups is 2. The normalized spacial score (nSPS) is 14.1. The highest BCUT2D eigenvalue weighted by Crippen LogP contribution is 2.30. The highest BCUT2D eigenvalue weighted by atomic mass is 16.5. The molecule has 1 heterocycles. The van der Waals surface area contributed by atoms with Crippen molar-refractivity contribution in [3.8, 4) is 11.5 Å². The lowest BCUT2D eigenvalue weighted by atomic mass is 10.1. The van der Waals surface area contributed by atoms with Gasteiger partial charge in [-0.25, -0.2) is 4.79 Å². The summed E-state index contributed by atoms with van der Waals surface area (Å²) in [7, 11) is 1.29. The standard InChI is InChI=1S/C19H19NO5/c1-23-19(22)17(13-6-3-2-4-7-13)20-18(21)14-8-9-15-16(12-14)25-11-5-10-24-15/h2-4,6-9,12,17H,5,10-11H2,1H3,(H,20,21)/t17-/m1/s1. The van der Waals surface area contributed by atoms with Crippen molar-refractivity contribution < 1.29 is 23.8 Å². The second-order valence-corrected chi connectivity index (χ2v) is 5.55. The van der Waals surface area contributed by atoms with E-state index in [1.165, 1.54) is 7.11 Å². The largest absolute Gasteiger partial charge is 0.490 e. The Morgan fingerprint density at radius 3 is 2.48 bits per heavy atom. The van der Waals surface area contributed by atoms with Crippen LogP contribution in [0.15, 0.2) is 48.5 Å². The number of carbonyl (C=O) groups excluding carboxylic acids is 2. The number of methoxy groups -OCH3 is 1. The minimum atomic E-state index is -0.880. The highest BCUT2D eigenvalue weighted by molar-refractivity contribution is 5.97. The van der Waals surface area contributed by atoms with Gasteiger partial charge in [0.1, 0.15) is 0 Å². The molecule has 1 N–H and O–H groups in total. The minimum Gasteiger partial charge on any atom is -0.490 e. The summed E-state index contributed by atoms with van der Waals surface area (Å²) in [5, 5.41) is 2.71.